The Balaban J connectivity index is 1.02. The molecule has 282 valence electrons. The van der Waals surface area contributed by atoms with Crippen molar-refractivity contribution in [3.05, 3.63) is 240 Å². The van der Waals surface area contributed by atoms with E-state index in [1.54, 1.807) is 0 Å². The smallest absolute Gasteiger partial charge is 0.0541 e. The van der Waals surface area contributed by atoms with Crippen molar-refractivity contribution in [3.63, 3.8) is 0 Å². The number of hydrogen-bond donors (Lipinski definition) is 0. The molecule has 9 aromatic rings. The number of rotatable bonds is 8. The molecule has 2 aliphatic carbocycles. The third-order valence-electron chi connectivity index (χ3n) is 12.6. The van der Waals surface area contributed by atoms with Gasteiger partial charge in [-0.25, -0.2) is 0 Å². The third kappa shape index (κ3) is 6.11. The number of fused-ring (bicyclic) bond motifs is 6. The standard InChI is InChI=1S/C57H44N2/c1-39-26-34-54-51(36-39)52-37-43(29-35-55(52)59(54)45-22-12-5-13-23-45)40-27-30-46(31-28-40)58(44-20-10-4-11-21-44)47-32-33-49-48-24-14-15-25-50(48)57(53(49)38-47)56(41-16-6-2-7-17-41)42-18-8-3-9-19-42/h2-8,10-18,20-38,56-57H,9,19H2,1H3. The highest BCUT2D eigenvalue weighted by Gasteiger charge is 2.37. The topological polar surface area (TPSA) is 8.17 Å². The summed E-state index contributed by atoms with van der Waals surface area (Å²) in [5.41, 5.74) is 19.1. The second-order valence-corrected chi connectivity index (χ2v) is 16.1. The van der Waals surface area contributed by atoms with Crippen molar-refractivity contribution in [2.45, 2.75) is 31.6 Å². The second kappa shape index (κ2) is 14.7. The lowest BCUT2D eigenvalue weighted by Gasteiger charge is -2.31. The Labute approximate surface area is 346 Å². The van der Waals surface area contributed by atoms with Gasteiger partial charge in [0.15, 0.2) is 0 Å². The number of anilines is 3. The van der Waals surface area contributed by atoms with E-state index in [-0.39, 0.29) is 11.8 Å². The highest BCUT2D eigenvalue weighted by molar-refractivity contribution is 6.10. The maximum absolute atomic E-state index is 2.48. The predicted molar refractivity (Wildman–Crippen MR) is 249 cm³/mol. The van der Waals surface area contributed by atoms with Gasteiger partial charge in [0.25, 0.3) is 0 Å². The highest BCUT2D eigenvalue weighted by atomic mass is 15.1. The summed E-state index contributed by atoms with van der Waals surface area (Å²) in [5.74, 6) is 0.444. The molecule has 0 amide bonds. The molecule has 2 nitrogen and oxygen atoms in total. The summed E-state index contributed by atoms with van der Waals surface area (Å²) in [6, 6.07) is 71.8. The van der Waals surface area contributed by atoms with Crippen LogP contribution in [0.25, 0.3) is 49.7 Å². The van der Waals surface area contributed by atoms with Crippen molar-refractivity contribution in [2.24, 2.45) is 0 Å². The van der Waals surface area contributed by atoms with Gasteiger partial charge in [0.1, 0.15) is 0 Å². The van der Waals surface area contributed by atoms with Crippen LogP contribution in [0.2, 0.25) is 0 Å². The van der Waals surface area contributed by atoms with Gasteiger partial charge in [-0.1, -0.05) is 151 Å². The van der Waals surface area contributed by atoms with E-state index >= 15 is 0 Å². The second-order valence-electron chi connectivity index (χ2n) is 16.1. The quantitative estimate of drug-likeness (QED) is 0.150. The first kappa shape index (κ1) is 35.0. The summed E-state index contributed by atoms with van der Waals surface area (Å²) >= 11 is 0. The van der Waals surface area contributed by atoms with Gasteiger partial charge in [-0.3, -0.25) is 0 Å². The fourth-order valence-corrected chi connectivity index (χ4v) is 9.89. The molecule has 2 unspecified atom stereocenters. The van der Waals surface area contributed by atoms with E-state index in [1.165, 1.54) is 77.6 Å². The molecular weight excluding hydrogens is 713 g/mol. The van der Waals surface area contributed by atoms with E-state index < -0.39 is 0 Å². The molecule has 8 aromatic carbocycles. The summed E-state index contributed by atoms with van der Waals surface area (Å²) < 4.78 is 2.39. The molecule has 2 atom stereocenters. The summed E-state index contributed by atoms with van der Waals surface area (Å²) in [7, 11) is 0. The van der Waals surface area contributed by atoms with Gasteiger partial charge in [-0.2, -0.15) is 0 Å². The normalized spacial score (nSPS) is 14.9. The summed E-state index contributed by atoms with van der Waals surface area (Å²) in [4.78, 5) is 2.42. The first-order valence-corrected chi connectivity index (χ1v) is 20.9. The van der Waals surface area contributed by atoms with Crippen molar-refractivity contribution in [1.82, 2.24) is 4.57 Å². The average Bonchev–Trinajstić information content (AvgIpc) is 3.80. The minimum Gasteiger partial charge on any atom is -0.310 e. The number of aromatic nitrogens is 1. The Morgan fingerprint density at radius 3 is 1.92 bits per heavy atom. The van der Waals surface area contributed by atoms with Crippen LogP contribution in [0.15, 0.2) is 218 Å². The molecular formula is C57H44N2. The maximum atomic E-state index is 2.48. The van der Waals surface area contributed by atoms with Gasteiger partial charge in [-0.05, 0) is 132 Å². The lowest BCUT2D eigenvalue weighted by molar-refractivity contribution is 0.661. The molecule has 11 rings (SSSR count). The SMILES string of the molecule is Cc1ccc2c(c1)c1cc(-c3ccc(N(c4ccccc4)c4ccc5c(c4)C(C(C4=CC=CCC4)c4ccccc4)c4ccccc4-5)cc3)ccc1n2-c1ccccc1. The number of nitrogens with zero attached hydrogens (tertiary/aromatic N) is 2. The van der Waals surface area contributed by atoms with Gasteiger partial charge >= 0.3 is 0 Å². The Morgan fingerprint density at radius 2 is 1.15 bits per heavy atom. The van der Waals surface area contributed by atoms with Crippen molar-refractivity contribution < 1.29 is 0 Å². The zero-order chi connectivity index (χ0) is 39.3. The first-order valence-electron chi connectivity index (χ1n) is 20.9. The van der Waals surface area contributed by atoms with E-state index in [9.17, 15) is 0 Å². The summed E-state index contributed by atoms with van der Waals surface area (Å²) in [6.45, 7) is 2.18. The fraction of sp³-hybridized carbons (Fsp3) is 0.0877. The van der Waals surface area contributed by atoms with Gasteiger partial charge in [0, 0.05) is 45.4 Å². The number of benzene rings is 8. The molecule has 1 aromatic heterocycles. The molecule has 0 N–H and O–H groups in total. The molecule has 0 radical (unpaired) electrons. The van der Waals surface area contributed by atoms with Crippen molar-refractivity contribution in [3.8, 4) is 27.9 Å². The predicted octanol–water partition coefficient (Wildman–Crippen LogP) is 15.4. The Hall–Kier alpha value is -7.16. The highest BCUT2D eigenvalue weighted by Crippen LogP contribution is 2.55. The van der Waals surface area contributed by atoms with Crippen molar-refractivity contribution in [1.29, 1.82) is 0 Å². The van der Waals surface area contributed by atoms with E-state index in [1.807, 2.05) is 0 Å². The van der Waals surface area contributed by atoms with E-state index in [0.29, 0.717) is 0 Å². The van der Waals surface area contributed by atoms with Crippen LogP contribution in [0.5, 0.6) is 0 Å². The summed E-state index contributed by atoms with van der Waals surface area (Å²) in [6.07, 6.45) is 9.10. The van der Waals surface area contributed by atoms with Crippen LogP contribution in [-0.2, 0) is 0 Å². The monoisotopic (exact) mass is 756 g/mol. The molecule has 0 saturated carbocycles. The molecule has 1 heterocycles. The van der Waals surface area contributed by atoms with Crippen LogP contribution < -0.4 is 4.90 Å². The first-order chi connectivity index (χ1) is 29.2. The molecule has 2 aliphatic rings. The van der Waals surface area contributed by atoms with E-state index in [0.717, 1.165) is 29.9 Å². The van der Waals surface area contributed by atoms with Crippen LogP contribution in [0.3, 0.4) is 0 Å². The van der Waals surface area contributed by atoms with Gasteiger partial charge < -0.3 is 9.47 Å². The van der Waals surface area contributed by atoms with E-state index in [4.69, 9.17) is 0 Å². The number of para-hydroxylation sites is 2. The minimum atomic E-state index is 0.202. The molecule has 0 bridgehead atoms. The van der Waals surface area contributed by atoms with Gasteiger partial charge in [0.05, 0.1) is 11.0 Å². The number of aryl methyl sites for hydroxylation is 1. The number of hydrogen-bond acceptors (Lipinski definition) is 1. The van der Waals surface area contributed by atoms with Crippen LogP contribution in [0.4, 0.5) is 17.1 Å². The van der Waals surface area contributed by atoms with E-state index in [2.05, 4.69) is 229 Å². The molecule has 0 saturated heterocycles. The molecule has 2 heteroatoms. The Kier molecular flexibility index (Phi) is 8.70. The van der Waals surface area contributed by atoms with Crippen molar-refractivity contribution >= 4 is 38.9 Å². The zero-order valence-corrected chi connectivity index (χ0v) is 33.2. The largest absolute Gasteiger partial charge is 0.310 e. The maximum Gasteiger partial charge on any atom is 0.0541 e. The lowest BCUT2D eigenvalue weighted by Crippen LogP contribution is -2.15. The average molecular weight is 757 g/mol. The Morgan fingerprint density at radius 1 is 0.525 bits per heavy atom. The molecule has 0 spiro atoms. The minimum absolute atomic E-state index is 0.202. The molecule has 59 heavy (non-hydrogen) atoms. The fourth-order valence-electron chi connectivity index (χ4n) is 9.89. The van der Waals surface area contributed by atoms with Crippen LogP contribution in [0, 0.1) is 6.92 Å². The van der Waals surface area contributed by atoms with Crippen LogP contribution in [0.1, 0.15) is 46.9 Å². The molecule has 0 aliphatic heterocycles. The van der Waals surface area contributed by atoms with Crippen LogP contribution in [-0.4, -0.2) is 4.57 Å². The summed E-state index contributed by atoms with van der Waals surface area (Å²) in [5, 5.41) is 2.54. The third-order valence-corrected chi connectivity index (χ3v) is 12.6. The van der Waals surface area contributed by atoms with Gasteiger partial charge in [0.2, 0.25) is 0 Å². The lowest BCUT2D eigenvalue weighted by atomic mass is 9.73. The van der Waals surface area contributed by atoms with Crippen molar-refractivity contribution in [2.75, 3.05) is 4.90 Å². The number of allylic oxidation sites excluding steroid dienone is 4. The van der Waals surface area contributed by atoms with Gasteiger partial charge in [-0.15, -0.1) is 0 Å². The Bertz CT molecular complexity index is 3040. The zero-order valence-electron chi connectivity index (χ0n) is 33.2. The molecule has 0 fully saturated rings. The van der Waals surface area contributed by atoms with Crippen LogP contribution >= 0.6 is 0 Å².